The van der Waals surface area contributed by atoms with Crippen LogP contribution in [-0.4, -0.2) is 39.7 Å². The predicted molar refractivity (Wildman–Crippen MR) is 73.2 cm³/mol. The Labute approximate surface area is 114 Å². The van der Waals surface area contributed by atoms with Crippen LogP contribution >= 0.6 is 0 Å². The van der Waals surface area contributed by atoms with Crippen molar-refractivity contribution in [1.29, 1.82) is 0 Å². The van der Waals surface area contributed by atoms with Crippen molar-refractivity contribution in [2.45, 2.75) is 6.42 Å². The fraction of sp³-hybridized carbons (Fsp3) is 0.385. The number of carbonyl (C=O) groups excluding carboxylic acids is 1. The first-order valence-electron chi connectivity index (χ1n) is 5.82. The molecule has 104 valence electrons. The van der Waals surface area contributed by atoms with Gasteiger partial charge in [-0.25, -0.2) is 0 Å². The van der Waals surface area contributed by atoms with E-state index in [1.54, 1.807) is 0 Å². The van der Waals surface area contributed by atoms with Crippen LogP contribution in [0, 0.1) is 5.92 Å². The third kappa shape index (κ3) is 6.15. The molecule has 5 nitrogen and oxygen atoms in total. The van der Waals surface area contributed by atoms with Gasteiger partial charge in [-0.15, -0.1) is 0 Å². The summed E-state index contributed by atoms with van der Waals surface area (Å²) in [5.41, 5.74) is 0.962. The summed E-state index contributed by atoms with van der Waals surface area (Å²) in [6, 6.07) is 9.38. The molecule has 2 N–H and O–H groups in total. The zero-order valence-corrected chi connectivity index (χ0v) is 11.5. The maximum absolute atomic E-state index is 11.9. The number of carbonyl (C=O) groups is 2. The van der Waals surface area contributed by atoms with Crippen LogP contribution in [0.15, 0.2) is 30.3 Å². The second kappa shape index (κ2) is 7.68. The van der Waals surface area contributed by atoms with Gasteiger partial charge in [0.05, 0.1) is 5.92 Å². The molecule has 1 amide bonds. The van der Waals surface area contributed by atoms with E-state index in [1.807, 2.05) is 30.3 Å². The van der Waals surface area contributed by atoms with Crippen LogP contribution < -0.4 is 5.32 Å². The van der Waals surface area contributed by atoms with Gasteiger partial charge in [0.1, 0.15) is 6.54 Å². The first kappa shape index (κ1) is 15.4. The first-order valence-corrected chi connectivity index (χ1v) is 7.55. The largest absolute Gasteiger partial charge is 0.480 e. The molecule has 0 saturated carbocycles. The zero-order valence-electron chi connectivity index (χ0n) is 10.7. The average molecular weight is 283 g/mol. The fourth-order valence-electron chi connectivity index (χ4n) is 1.72. The molecule has 0 heterocycles. The van der Waals surface area contributed by atoms with Crippen LogP contribution in [0.1, 0.15) is 5.56 Å². The van der Waals surface area contributed by atoms with Crippen molar-refractivity contribution in [2.24, 2.45) is 5.92 Å². The average Bonchev–Trinajstić information content (AvgIpc) is 2.36. The topological polar surface area (TPSA) is 83.5 Å². The van der Waals surface area contributed by atoms with Gasteiger partial charge in [-0.2, -0.15) is 0 Å². The van der Waals surface area contributed by atoms with Gasteiger partial charge in [-0.1, -0.05) is 30.3 Å². The van der Waals surface area contributed by atoms with Crippen molar-refractivity contribution in [3.05, 3.63) is 35.9 Å². The van der Waals surface area contributed by atoms with Gasteiger partial charge in [0.2, 0.25) is 5.91 Å². The number of hydrogen-bond donors (Lipinski definition) is 2. The van der Waals surface area contributed by atoms with Crippen LogP contribution in [0.3, 0.4) is 0 Å². The van der Waals surface area contributed by atoms with Crippen LogP contribution in [0.4, 0.5) is 0 Å². The molecule has 0 radical (unpaired) electrons. The highest BCUT2D eigenvalue weighted by atomic mass is 32.2. The summed E-state index contributed by atoms with van der Waals surface area (Å²) in [7, 11) is -1.11. The quantitative estimate of drug-likeness (QED) is 0.760. The Bertz CT molecular complexity index is 461. The summed E-state index contributed by atoms with van der Waals surface area (Å²) in [6.07, 6.45) is 1.98. The lowest BCUT2D eigenvalue weighted by atomic mass is 10.0. The van der Waals surface area contributed by atoms with E-state index in [0.717, 1.165) is 5.56 Å². The molecule has 6 heteroatoms. The van der Waals surface area contributed by atoms with Gasteiger partial charge in [0.15, 0.2) is 0 Å². The van der Waals surface area contributed by atoms with E-state index < -0.39 is 29.2 Å². The molecule has 0 aliphatic rings. The lowest BCUT2D eigenvalue weighted by molar-refractivity contribution is -0.138. The summed E-state index contributed by atoms with van der Waals surface area (Å²) < 4.78 is 11.3. The minimum Gasteiger partial charge on any atom is -0.480 e. The Morgan fingerprint density at radius 1 is 1.32 bits per heavy atom. The molecular formula is C13H17NO4S. The molecule has 0 fully saturated rings. The van der Waals surface area contributed by atoms with Crippen molar-refractivity contribution in [2.75, 3.05) is 18.6 Å². The highest BCUT2D eigenvalue weighted by Gasteiger charge is 2.20. The monoisotopic (exact) mass is 283 g/mol. The predicted octanol–water partition coefficient (Wildman–Crippen LogP) is 0.425. The molecule has 0 aliphatic carbocycles. The van der Waals surface area contributed by atoms with Crippen molar-refractivity contribution < 1.29 is 18.9 Å². The van der Waals surface area contributed by atoms with Gasteiger partial charge in [-0.3, -0.25) is 13.8 Å². The lowest BCUT2D eigenvalue weighted by Crippen LogP contribution is -2.37. The number of carboxylic acids is 1. The van der Waals surface area contributed by atoms with E-state index in [2.05, 4.69) is 5.32 Å². The van der Waals surface area contributed by atoms with E-state index in [1.165, 1.54) is 6.26 Å². The SMILES string of the molecule is CS(=O)CC(Cc1ccccc1)C(=O)NCC(=O)O. The third-order valence-corrected chi connectivity index (χ3v) is 3.42. The highest BCUT2D eigenvalue weighted by molar-refractivity contribution is 7.84. The Balaban J connectivity index is 2.68. The van der Waals surface area contributed by atoms with Gasteiger partial charge < -0.3 is 10.4 Å². The summed E-state index contributed by atoms with van der Waals surface area (Å²) in [6.45, 7) is -0.416. The van der Waals surface area contributed by atoms with Crippen LogP contribution in [0.2, 0.25) is 0 Å². The normalized spacial score (nSPS) is 13.5. The van der Waals surface area contributed by atoms with Crippen molar-refractivity contribution in [3.8, 4) is 0 Å². The zero-order chi connectivity index (χ0) is 14.3. The van der Waals surface area contributed by atoms with E-state index in [9.17, 15) is 13.8 Å². The minimum atomic E-state index is -1.11. The molecule has 2 unspecified atom stereocenters. The summed E-state index contributed by atoms with van der Waals surface area (Å²) in [5, 5.41) is 10.9. The van der Waals surface area contributed by atoms with Crippen molar-refractivity contribution in [1.82, 2.24) is 5.32 Å². The number of amides is 1. The maximum Gasteiger partial charge on any atom is 0.322 e. The van der Waals surface area contributed by atoms with Crippen LogP contribution in [0.5, 0.6) is 0 Å². The van der Waals surface area contributed by atoms with Gasteiger partial charge in [0, 0.05) is 22.8 Å². The molecule has 2 atom stereocenters. The smallest absolute Gasteiger partial charge is 0.322 e. The molecule has 1 rings (SSSR count). The first-order chi connectivity index (χ1) is 8.99. The van der Waals surface area contributed by atoms with Gasteiger partial charge in [-0.05, 0) is 12.0 Å². The third-order valence-electron chi connectivity index (χ3n) is 2.55. The summed E-state index contributed by atoms with van der Waals surface area (Å²) in [4.78, 5) is 22.3. The maximum atomic E-state index is 11.9. The van der Waals surface area contributed by atoms with E-state index in [-0.39, 0.29) is 11.7 Å². The van der Waals surface area contributed by atoms with Crippen molar-refractivity contribution >= 4 is 22.7 Å². The van der Waals surface area contributed by atoms with Gasteiger partial charge >= 0.3 is 5.97 Å². The summed E-state index contributed by atoms with van der Waals surface area (Å²) in [5.74, 6) is -1.72. The molecule has 1 aromatic carbocycles. The number of hydrogen-bond acceptors (Lipinski definition) is 3. The fourth-order valence-corrected chi connectivity index (χ4v) is 2.55. The molecule has 0 saturated heterocycles. The molecule has 19 heavy (non-hydrogen) atoms. The molecule has 0 aliphatic heterocycles. The van der Waals surface area contributed by atoms with Gasteiger partial charge in [0.25, 0.3) is 0 Å². The standard InChI is InChI=1S/C13H17NO4S/c1-19(18)9-11(13(17)14-8-12(15)16)7-10-5-3-2-4-6-10/h2-6,11H,7-9H2,1H3,(H,14,17)(H,15,16). The van der Waals surface area contributed by atoms with Crippen LogP contribution in [-0.2, 0) is 26.8 Å². The number of benzene rings is 1. The lowest BCUT2D eigenvalue weighted by Gasteiger charge is -2.15. The Morgan fingerprint density at radius 3 is 2.47 bits per heavy atom. The molecule has 0 bridgehead atoms. The second-order valence-corrected chi connectivity index (χ2v) is 5.72. The molecule has 0 spiro atoms. The number of nitrogens with one attached hydrogen (secondary N) is 1. The second-order valence-electron chi connectivity index (χ2n) is 4.24. The molecule has 1 aromatic rings. The highest BCUT2D eigenvalue weighted by Crippen LogP contribution is 2.10. The van der Waals surface area contributed by atoms with E-state index in [0.29, 0.717) is 6.42 Å². The van der Waals surface area contributed by atoms with E-state index in [4.69, 9.17) is 5.11 Å². The Hall–Kier alpha value is -1.69. The van der Waals surface area contributed by atoms with Crippen LogP contribution in [0.25, 0.3) is 0 Å². The molecular weight excluding hydrogens is 266 g/mol. The minimum absolute atomic E-state index is 0.223. The van der Waals surface area contributed by atoms with E-state index >= 15 is 0 Å². The summed E-state index contributed by atoms with van der Waals surface area (Å²) >= 11 is 0. The Kier molecular flexibility index (Phi) is 6.21. The van der Waals surface area contributed by atoms with Crippen molar-refractivity contribution in [3.63, 3.8) is 0 Å². The number of carboxylic acid groups (broad SMARTS) is 1. The number of aliphatic carboxylic acids is 1. The molecule has 0 aromatic heterocycles. The Morgan fingerprint density at radius 2 is 1.95 bits per heavy atom. The number of rotatable bonds is 7.